The van der Waals surface area contributed by atoms with Crippen LogP contribution in [0.5, 0.6) is 0 Å². The van der Waals surface area contributed by atoms with E-state index < -0.39 is 9.84 Å². The number of aliphatic hydroxyl groups excluding tert-OH is 1. The van der Waals surface area contributed by atoms with Crippen LogP contribution in [-0.2, 0) is 9.84 Å². The molecule has 0 spiro atoms. The van der Waals surface area contributed by atoms with Crippen LogP contribution in [-0.4, -0.2) is 44.2 Å². The lowest BCUT2D eigenvalue weighted by atomic mass is 10.0. The number of sulfone groups is 1. The van der Waals surface area contributed by atoms with Gasteiger partial charge in [-0.05, 0) is 38.5 Å². The molecular weight excluding hydrogens is 226 g/mol. The van der Waals surface area contributed by atoms with Crippen molar-refractivity contribution in [2.75, 3.05) is 25.4 Å². The molecule has 0 radical (unpaired) electrons. The largest absolute Gasteiger partial charge is 0.396 e. The zero-order valence-electron chi connectivity index (χ0n) is 10.2. The Balaban J connectivity index is 2.18. The Bertz CT molecular complexity index is 307. The van der Waals surface area contributed by atoms with Crippen LogP contribution in [0.2, 0.25) is 0 Å². The van der Waals surface area contributed by atoms with Crippen molar-refractivity contribution in [3.63, 3.8) is 0 Å². The summed E-state index contributed by atoms with van der Waals surface area (Å²) in [7, 11) is -2.92. The molecule has 16 heavy (non-hydrogen) atoms. The van der Waals surface area contributed by atoms with E-state index in [9.17, 15) is 8.42 Å². The van der Waals surface area contributed by atoms with Gasteiger partial charge >= 0.3 is 0 Å². The lowest BCUT2D eigenvalue weighted by Gasteiger charge is -2.15. The Labute approximate surface area is 98.4 Å². The van der Waals surface area contributed by atoms with E-state index in [-0.39, 0.29) is 23.0 Å². The SMILES string of the molecule is CC(C)S(=O)(=O)CCNCC1(CCO)CC1. The van der Waals surface area contributed by atoms with Gasteiger partial charge in [-0.1, -0.05) is 0 Å². The second kappa shape index (κ2) is 5.47. The summed E-state index contributed by atoms with van der Waals surface area (Å²) < 4.78 is 23.0. The summed E-state index contributed by atoms with van der Waals surface area (Å²) in [6.07, 6.45) is 3.13. The third-order valence-corrected chi connectivity index (χ3v) is 5.59. The normalized spacial score (nSPS) is 19.0. The van der Waals surface area contributed by atoms with Gasteiger partial charge in [-0.25, -0.2) is 8.42 Å². The average Bonchev–Trinajstić information content (AvgIpc) is 2.94. The highest BCUT2D eigenvalue weighted by Gasteiger charge is 2.41. The molecule has 0 heterocycles. The molecule has 0 amide bonds. The van der Waals surface area contributed by atoms with Gasteiger partial charge in [-0.15, -0.1) is 0 Å². The van der Waals surface area contributed by atoms with Crippen LogP contribution < -0.4 is 5.32 Å². The lowest BCUT2D eigenvalue weighted by Crippen LogP contribution is -2.31. The Morgan fingerprint density at radius 3 is 2.44 bits per heavy atom. The Kier molecular flexibility index (Phi) is 4.76. The Morgan fingerprint density at radius 1 is 1.38 bits per heavy atom. The summed E-state index contributed by atoms with van der Waals surface area (Å²) in [6.45, 7) is 5.01. The molecule has 0 aromatic heterocycles. The van der Waals surface area contributed by atoms with Crippen molar-refractivity contribution in [1.82, 2.24) is 5.32 Å². The molecule has 0 saturated heterocycles. The first kappa shape index (κ1) is 13.9. The summed E-state index contributed by atoms with van der Waals surface area (Å²) in [5.74, 6) is 0.208. The molecule has 5 heteroatoms. The fourth-order valence-electron chi connectivity index (χ4n) is 1.73. The third-order valence-electron chi connectivity index (χ3n) is 3.38. The molecule has 0 aliphatic heterocycles. The highest BCUT2D eigenvalue weighted by Crippen LogP contribution is 2.47. The molecule has 0 atom stereocenters. The summed E-state index contributed by atoms with van der Waals surface area (Å²) in [5, 5.41) is 11.8. The van der Waals surface area contributed by atoms with Crippen LogP contribution >= 0.6 is 0 Å². The zero-order chi connectivity index (χ0) is 12.2. The molecule has 1 rings (SSSR count). The lowest BCUT2D eigenvalue weighted by molar-refractivity contribution is 0.246. The minimum absolute atomic E-state index is 0.208. The van der Waals surface area contributed by atoms with Gasteiger partial charge in [0.05, 0.1) is 11.0 Å². The van der Waals surface area contributed by atoms with Crippen LogP contribution in [0.3, 0.4) is 0 Å². The summed E-state index contributed by atoms with van der Waals surface area (Å²) in [6, 6.07) is 0. The number of rotatable bonds is 8. The van der Waals surface area contributed by atoms with Crippen LogP contribution in [0, 0.1) is 5.41 Å². The van der Waals surface area contributed by atoms with Gasteiger partial charge in [0, 0.05) is 19.7 Å². The van der Waals surface area contributed by atoms with E-state index in [1.54, 1.807) is 13.8 Å². The predicted octanol–water partition coefficient (Wildman–Crippen LogP) is 0.562. The minimum atomic E-state index is -2.92. The molecule has 1 aliphatic rings. The highest BCUT2D eigenvalue weighted by molar-refractivity contribution is 7.92. The van der Waals surface area contributed by atoms with Crippen molar-refractivity contribution in [2.45, 2.75) is 38.4 Å². The van der Waals surface area contributed by atoms with Gasteiger partial charge < -0.3 is 10.4 Å². The molecule has 96 valence electrons. The Hall–Kier alpha value is -0.130. The maximum Gasteiger partial charge on any atom is 0.153 e. The van der Waals surface area contributed by atoms with Crippen molar-refractivity contribution in [3.8, 4) is 0 Å². The van der Waals surface area contributed by atoms with Crippen molar-refractivity contribution < 1.29 is 13.5 Å². The third kappa shape index (κ3) is 4.03. The molecule has 0 unspecified atom stereocenters. The summed E-state index contributed by atoms with van der Waals surface area (Å²) in [5.41, 5.74) is 0.260. The van der Waals surface area contributed by atoms with Gasteiger partial charge in [0.2, 0.25) is 0 Å². The fourth-order valence-corrected chi connectivity index (χ4v) is 2.63. The van der Waals surface area contributed by atoms with Crippen molar-refractivity contribution in [3.05, 3.63) is 0 Å². The predicted molar refractivity (Wildman–Crippen MR) is 65.2 cm³/mol. The van der Waals surface area contributed by atoms with Crippen LogP contribution in [0.15, 0.2) is 0 Å². The zero-order valence-corrected chi connectivity index (χ0v) is 11.0. The molecule has 0 aromatic rings. The molecule has 4 nitrogen and oxygen atoms in total. The first-order valence-electron chi connectivity index (χ1n) is 5.95. The topological polar surface area (TPSA) is 66.4 Å². The number of hydrogen-bond acceptors (Lipinski definition) is 4. The fraction of sp³-hybridized carbons (Fsp3) is 1.00. The maximum atomic E-state index is 11.5. The van der Waals surface area contributed by atoms with Crippen molar-refractivity contribution in [1.29, 1.82) is 0 Å². The molecule has 1 aliphatic carbocycles. The number of nitrogens with one attached hydrogen (secondary N) is 1. The van der Waals surface area contributed by atoms with E-state index in [2.05, 4.69) is 5.32 Å². The summed E-state index contributed by atoms with van der Waals surface area (Å²) in [4.78, 5) is 0. The molecular formula is C11H23NO3S. The average molecular weight is 249 g/mol. The first-order chi connectivity index (χ1) is 7.42. The van der Waals surface area contributed by atoms with Gasteiger partial charge in [0.1, 0.15) is 0 Å². The molecule has 0 bridgehead atoms. The van der Waals surface area contributed by atoms with E-state index in [0.717, 1.165) is 25.8 Å². The monoisotopic (exact) mass is 249 g/mol. The van der Waals surface area contributed by atoms with E-state index >= 15 is 0 Å². The molecule has 0 aromatic carbocycles. The summed E-state index contributed by atoms with van der Waals surface area (Å²) >= 11 is 0. The van der Waals surface area contributed by atoms with Crippen LogP contribution in [0.4, 0.5) is 0 Å². The van der Waals surface area contributed by atoms with Crippen LogP contribution in [0.1, 0.15) is 33.1 Å². The van der Waals surface area contributed by atoms with E-state index in [0.29, 0.717) is 6.54 Å². The standard InChI is InChI=1S/C11H23NO3S/c1-10(2)16(14,15)8-6-12-9-11(3-4-11)5-7-13/h10,12-13H,3-9H2,1-2H3. The second-order valence-corrected chi connectivity index (χ2v) is 7.74. The first-order valence-corrected chi connectivity index (χ1v) is 7.67. The van der Waals surface area contributed by atoms with Crippen molar-refractivity contribution >= 4 is 9.84 Å². The number of aliphatic hydroxyl groups is 1. The van der Waals surface area contributed by atoms with Gasteiger partial charge in [0.15, 0.2) is 9.84 Å². The minimum Gasteiger partial charge on any atom is -0.396 e. The quantitative estimate of drug-likeness (QED) is 0.617. The second-order valence-electron chi connectivity index (χ2n) is 5.07. The highest BCUT2D eigenvalue weighted by atomic mass is 32.2. The van der Waals surface area contributed by atoms with E-state index in [1.165, 1.54) is 0 Å². The van der Waals surface area contributed by atoms with Gasteiger partial charge in [0.25, 0.3) is 0 Å². The van der Waals surface area contributed by atoms with Crippen molar-refractivity contribution in [2.24, 2.45) is 5.41 Å². The molecule has 2 N–H and O–H groups in total. The van der Waals surface area contributed by atoms with Gasteiger partial charge in [-0.3, -0.25) is 0 Å². The van der Waals surface area contributed by atoms with Gasteiger partial charge in [-0.2, -0.15) is 0 Å². The van der Waals surface area contributed by atoms with Crippen LogP contribution in [0.25, 0.3) is 0 Å². The molecule has 1 fully saturated rings. The molecule has 1 saturated carbocycles. The Morgan fingerprint density at radius 2 is 2.00 bits per heavy atom. The number of hydrogen-bond donors (Lipinski definition) is 2. The maximum absolute atomic E-state index is 11.5. The smallest absolute Gasteiger partial charge is 0.153 e. The van der Waals surface area contributed by atoms with E-state index in [4.69, 9.17) is 5.11 Å². The van der Waals surface area contributed by atoms with E-state index in [1.807, 2.05) is 0 Å².